The van der Waals surface area contributed by atoms with Crippen LogP contribution >= 0.6 is 0 Å². The van der Waals surface area contributed by atoms with Gasteiger partial charge in [0.2, 0.25) is 0 Å². The third-order valence-corrected chi connectivity index (χ3v) is 5.79. The molecule has 0 aromatic heterocycles. The zero-order valence-electron chi connectivity index (χ0n) is 20.5. The van der Waals surface area contributed by atoms with Crippen molar-refractivity contribution in [2.24, 2.45) is 5.92 Å². The molecule has 1 aliphatic rings. The second kappa shape index (κ2) is 11.2. The third kappa shape index (κ3) is 5.25. The molecule has 2 aromatic carbocycles. The Balaban J connectivity index is 2.14. The summed E-state index contributed by atoms with van der Waals surface area (Å²) in [5.74, 6) is -0.238. The van der Waals surface area contributed by atoms with Crippen LogP contribution in [0.5, 0.6) is 11.5 Å². The molecule has 0 saturated carbocycles. The third-order valence-electron chi connectivity index (χ3n) is 5.79. The number of ether oxygens (including phenoxy) is 3. The molecule has 2 aromatic rings. The van der Waals surface area contributed by atoms with E-state index in [1.54, 1.807) is 37.4 Å². The SMILES string of the molecule is CCc1ccc(/C(O)=C2/C(=O)C(=O)N(CCOC)C2c2ccc(OC)c(OCC(C)C)c2)cc1. The molecule has 3 rings (SSSR count). The van der Waals surface area contributed by atoms with Crippen molar-refractivity contribution in [3.05, 3.63) is 64.7 Å². The molecule has 1 fully saturated rings. The van der Waals surface area contributed by atoms with Gasteiger partial charge in [-0.05, 0) is 35.6 Å². The van der Waals surface area contributed by atoms with Crippen LogP contribution in [0.4, 0.5) is 0 Å². The van der Waals surface area contributed by atoms with E-state index in [1.807, 2.05) is 32.9 Å². The Morgan fingerprint density at radius 1 is 1.06 bits per heavy atom. The lowest BCUT2D eigenvalue weighted by atomic mass is 9.94. The number of carbonyl (C=O) groups excluding carboxylic acids is 2. The predicted octanol–water partition coefficient (Wildman–Crippen LogP) is 4.36. The highest BCUT2D eigenvalue weighted by molar-refractivity contribution is 6.46. The van der Waals surface area contributed by atoms with Gasteiger partial charge in [0.1, 0.15) is 5.76 Å². The fraction of sp³-hybridized carbons (Fsp3) is 0.407. The Labute approximate surface area is 200 Å². The summed E-state index contributed by atoms with van der Waals surface area (Å²) in [4.78, 5) is 27.5. The minimum atomic E-state index is -0.784. The van der Waals surface area contributed by atoms with Gasteiger partial charge in [-0.1, -0.05) is 51.1 Å². The Kier molecular flexibility index (Phi) is 8.34. The molecule has 7 heteroatoms. The maximum absolute atomic E-state index is 13.1. The molecular formula is C27H33NO6. The van der Waals surface area contributed by atoms with Crippen LogP contribution in [-0.4, -0.2) is 55.7 Å². The van der Waals surface area contributed by atoms with Crippen molar-refractivity contribution in [2.45, 2.75) is 33.2 Å². The van der Waals surface area contributed by atoms with E-state index in [0.717, 1.165) is 12.0 Å². The Morgan fingerprint density at radius 2 is 1.76 bits per heavy atom. The Bertz CT molecular complexity index is 1060. The quantitative estimate of drug-likeness (QED) is 0.317. The van der Waals surface area contributed by atoms with E-state index in [9.17, 15) is 14.7 Å². The summed E-state index contributed by atoms with van der Waals surface area (Å²) < 4.78 is 16.6. The molecule has 1 N–H and O–H groups in total. The van der Waals surface area contributed by atoms with E-state index >= 15 is 0 Å². The van der Waals surface area contributed by atoms with E-state index in [1.165, 1.54) is 12.0 Å². The maximum Gasteiger partial charge on any atom is 0.295 e. The number of aryl methyl sites for hydroxylation is 1. The van der Waals surface area contributed by atoms with Gasteiger partial charge in [0.05, 0.1) is 31.9 Å². The van der Waals surface area contributed by atoms with Crippen LogP contribution < -0.4 is 9.47 Å². The fourth-order valence-corrected chi connectivity index (χ4v) is 3.93. The molecule has 0 bridgehead atoms. The van der Waals surface area contributed by atoms with Crippen LogP contribution in [0.15, 0.2) is 48.0 Å². The van der Waals surface area contributed by atoms with Crippen molar-refractivity contribution in [3.63, 3.8) is 0 Å². The molecular weight excluding hydrogens is 434 g/mol. The number of methoxy groups -OCH3 is 2. The zero-order chi connectivity index (χ0) is 24.8. The van der Waals surface area contributed by atoms with Crippen molar-refractivity contribution < 1.29 is 28.9 Å². The number of hydrogen-bond donors (Lipinski definition) is 1. The van der Waals surface area contributed by atoms with Gasteiger partial charge in [0, 0.05) is 19.2 Å². The number of likely N-dealkylation sites (tertiary alicyclic amines) is 1. The zero-order valence-corrected chi connectivity index (χ0v) is 20.5. The summed E-state index contributed by atoms with van der Waals surface area (Å²) >= 11 is 0. The molecule has 1 aliphatic heterocycles. The number of rotatable bonds is 10. The van der Waals surface area contributed by atoms with Gasteiger partial charge in [0.25, 0.3) is 11.7 Å². The summed E-state index contributed by atoms with van der Waals surface area (Å²) in [6, 6.07) is 11.8. The normalized spacial score (nSPS) is 17.5. The summed E-state index contributed by atoms with van der Waals surface area (Å²) in [6.07, 6.45) is 0.855. The molecule has 0 radical (unpaired) electrons. The number of aliphatic hydroxyl groups excluding tert-OH is 1. The van der Waals surface area contributed by atoms with Crippen molar-refractivity contribution in [1.82, 2.24) is 4.90 Å². The van der Waals surface area contributed by atoms with Crippen LogP contribution in [0.1, 0.15) is 43.5 Å². The highest BCUT2D eigenvalue weighted by atomic mass is 16.5. The fourth-order valence-electron chi connectivity index (χ4n) is 3.93. The first-order valence-electron chi connectivity index (χ1n) is 11.5. The number of amides is 1. The second-order valence-corrected chi connectivity index (χ2v) is 8.65. The molecule has 0 aliphatic carbocycles. The van der Waals surface area contributed by atoms with Crippen molar-refractivity contribution in [3.8, 4) is 11.5 Å². The number of nitrogens with zero attached hydrogens (tertiary/aromatic N) is 1. The summed E-state index contributed by atoms with van der Waals surface area (Å²) in [6.45, 7) is 7.05. The van der Waals surface area contributed by atoms with Gasteiger partial charge in [-0.3, -0.25) is 9.59 Å². The van der Waals surface area contributed by atoms with Gasteiger partial charge in [-0.2, -0.15) is 0 Å². The molecule has 1 amide bonds. The van der Waals surface area contributed by atoms with Crippen LogP contribution in [0.25, 0.3) is 5.76 Å². The smallest absolute Gasteiger partial charge is 0.295 e. The van der Waals surface area contributed by atoms with Gasteiger partial charge in [0.15, 0.2) is 11.5 Å². The van der Waals surface area contributed by atoms with E-state index in [4.69, 9.17) is 14.2 Å². The number of benzene rings is 2. The first-order chi connectivity index (χ1) is 16.3. The summed E-state index contributed by atoms with van der Waals surface area (Å²) in [7, 11) is 3.09. The first-order valence-corrected chi connectivity index (χ1v) is 11.5. The predicted molar refractivity (Wildman–Crippen MR) is 130 cm³/mol. The van der Waals surface area contributed by atoms with Crippen molar-refractivity contribution in [2.75, 3.05) is 34.0 Å². The molecule has 1 saturated heterocycles. The van der Waals surface area contributed by atoms with Crippen LogP contribution in [-0.2, 0) is 20.7 Å². The van der Waals surface area contributed by atoms with E-state index in [2.05, 4.69) is 0 Å². The van der Waals surface area contributed by atoms with Gasteiger partial charge in [-0.25, -0.2) is 0 Å². The highest BCUT2D eigenvalue weighted by Gasteiger charge is 2.46. The van der Waals surface area contributed by atoms with Crippen LogP contribution in [0.3, 0.4) is 0 Å². The standard InChI is InChI=1S/C27H33NO6/c1-6-18-7-9-19(10-8-18)25(29)23-24(28(13-14-32-4)27(31)26(23)30)20-11-12-21(33-5)22(15-20)34-16-17(2)3/h7-12,15,17,24,29H,6,13-14,16H2,1-5H3/b25-23-. The lowest BCUT2D eigenvalue weighted by molar-refractivity contribution is -0.140. The maximum atomic E-state index is 13.1. The number of hydrogen-bond acceptors (Lipinski definition) is 6. The Morgan fingerprint density at radius 3 is 2.35 bits per heavy atom. The molecule has 0 spiro atoms. The average Bonchev–Trinajstić information content (AvgIpc) is 3.10. The van der Waals surface area contributed by atoms with Crippen molar-refractivity contribution in [1.29, 1.82) is 0 Å². The monoisotopic (exact) mass is 467 g/mol. The highest BCUT2D eigenvalue weighted by Crippen LogP contribution is 2.42. The Hall–Kier alpha value is -3.32. The summed E-state index contributed by atoms with van der Waals surface area (Å²) in [5, 5.41) is 11.2. The van der Waals surface area contributed by atoms with E-state index < -0.39 is 17.7 Å². The molecule has 182 valence electrons. The van der Waals surface area contributed by atoms with Gasteiger partial charge >= 0.3 is 0 Å². The summed E-state index contributed by atoms with van der Waals surface area (Å²) in [5.41, 5.74) is 2.28. The number of Topliss-reactive ketones (excluding diaryl/α,β-unsaturated/α-hetero) is 1. The van der Waals surface area contributed by atoms with Crippen molar-refractivity contribution >= 4 is 17.4 Å². The number of carbonyl (C=O) groups is 2. The second-order valence-electron chi connectivity index (χ2n) is 8.65. The number of ketones is 1. The molecule has 1 heterocycles. The van der Waals surface area contributed by atoms with Crippen LogP contribution in [0.2, 0.25) is 0 Å². The van der Waals surface area contributed by atoms with E-state index in [-0.39, 0.29) is 24.5 Å². The van der Waals surface area contributed by atoms with Crippen LogP contribution in [0, 0.1) is 5.92 Å². The number of aliphatic hydroxyl groups is 1. The molecule has 7 nitrogen and oxygen atoms in total. The lowest BCUT2D eigenvalue weighted by Gasteiger charge is -2.26. The largest absolute Gasteiger partial charge is 0.507 e. The van der Waals surface area contributed by atoms with E-state index in [0.29, 0.717) is 35.2 Å². The van der Waals surface area contributed by atoms with Gasteiger partial charge < -0.3 is 24.2 Å². The molecule has 1 unspecified atom stereocenters. The molecule has 34 heavy (non-hydrogen) atoms. The lowest BCUT2D eigenvalue weighted by Crippen LogP contribution is -2.32. The minimum Gasteiger partial charge on any atom is -0.507 e. The van der Waals surface area contributed by atoms with Gasteiger partial charge in [-0.15, -0.1) is 0 Å². The average molecular weight is 468 g/mol. The topological polar surface area (TPSA) is 85.3 Å². The first kappa shape index (κ1) is 25.3. The molecule has 1 atom stereocenters. The minimum absolute atomic E-state index is 0.0466.